The molecule has 2 unspecified atom stereocenters. The molecule has 0 spiro atoms. The highest BCUT2D eigenvalue weighted by Gasteiger charge is 2.26. The van der Waals surface area contributed by atoms with E-state index in [4.69, 9.17) is 9.47 Å². The van der Waals surface area contributed by atoms with E-state index < -0.39 is 5.97 Å². The largest absolute Gasteiger partial charge is 0.452 e. The van der Waals surface area contributed by atoms with E-state index in [0.29, 0.717) is 25.1 Å². The minimum absolute atomic E-state index is 0.0139. The number of hydrogen-bond acceptors (Lipinski definition) is 4. The SMILES string of the molecule is CC1CN(C(=O)COC(=O)c2ccccc2Cc2ccccc2)CC(C)O1. The van der Waals surface area contributed by atoms with Crippen molar-refractivity contribution >= 4 is 11.9 Å². The first-order valence-corrected chi connectivity index (χ1v) is 9.25. The van der Waals surface area contributed by atoms with Gasteiger partial charge in [0, 0.05) is 13.1 Å². The fourth-order valence-corrected chi connectivity index (χ4v) is 3.37. The average Bonchev–Trinajstić information content (AvgIpc) is 2.66. The van der Waals surface area contributed by atoms with Gasteiger partial charge >= 0.3 is 5.97 Å². The lowest BCUT2D eigenvalue weighted by Gasteiger charge is -2.35. The van der Waals surface area contributed by atoms with Crippen LogP contribution in [0.5, 0.6) is 0 Å². The molecule has 2 aromatic rings. The molecule has 1 aliphatic heterocycles. The summed E-state index contributed by atoms with van der Waals surface area (Å²) in [5, 5.41) is 0. The van der Waals surface area contributed by atoms with Crippen molar-refractivity contribution in [2.45, 2.75) is 32.5 Å². The summed E-state index contributed by atoms with van der Waals surface area (Å²) in [5.41, 5.74) is 2.50. The molecule has 1 amide bonds. The monoisotopic (exact) mass is 367 g/mol. The molecule has 1 heterocycles. The number of nitrogens with zero attached hydrogens (tertiary/aromatic N) is 1. The van der Waals surface area contributed by atoms with Crippen molar-refractivity contribution < 1.29 is 19.1 Å². The summed E-state index contributed by atoms with van der Waals surface area (Å²) in [6.07, 6.45) is 0.610. The minimum atomic E-state index is -0.468. The second kappa shape index (κ2) is 8.82. The summed E-state index contributed by atoms with van der Waals surface area (Å²) >= 11 is 0. The number of carbonyl (C=O) groups excluding carboxylic acids is 2. The van der Waals surface area contributed by atoms with E-state index in [-0.39, 0.29) is 24.7 Å². The van der Waals surface area contributed by atoms with Crippen molar-refractivity contribution in [2.24, 2.45) is 0 Å². The van der Waals surface area contributed by atoms with Gasteiger partial charge in [-0.2, -0.15) is 0 Å². The maximum absolute atomic E-state index is 12.6. The molecule has 5 nitrogen and oxygen atoms in total. The Morgan fingerprint density at radius 2 is 1.63 bits per heavy atom. The molecule has 0 N–H and O–H groups in total. The smallest absolute Gasteiger partial charge is 0.338 e. The topological polar surface area (TPSA) is 55.8 Å². The van der Waals surface area contributed by atoms with Gasteiger partial charge in [-0.15, -0.1) is 0 Å². The molecule has 142 valence electrons. The third-order valence-electron chi connectivity index (χ3n) is 4.57. The molecule has 1 aliphatic rings. The maximum Gasteiger partial charge on any atom is 0.338 e. The van der Waals surface area contributed by atoms with Crippen LogP contribution >= 0.6 is 0 Å². The molecule has 1 fully saturated rings. The number of esters is 1. The molecule has 0 radical (unpaired) electrons. The van der Waals surface area contributed by atoms with Crippen LogP contribution in [0.3, 0.4) is 0 Å². The van der Waals surface area contributed by atoms with Crippen LogP contribution in [0.2, 0.25) is 0 Å². The van der Waals surface area contributed by atoms with E-state index in [1.54, 1.807) is 17.0 Å². The molecular formula is C22H25NO4. The van der Waals surface area contributed by atoms with E-state index in [2.05, 4.69) is 0 Å². The van der Waals surface area contributed by atoms with Crippen molar-refractivity contribution in [3.8, 4) is 0 Å². The highest BCUT2D eigenvalue weighted by molar-refractivity contribution is 5.92. The zero-order valence-corrected chi connectivity index (χ0v) is 15.8. The van der Waals surface area contributed by atoms with Crippen molar-refractivity contribution in [1.82, 2.24) is 4.90 Å². The molecule has 0 aromatic heterocycles. The average molecular weight is 367 g/mol. The summed E-state index contributed by atoms with van der Waals surface area (Å²) in [7, 11) is 0. The van der Waals surface area contributed by atoms with Crippen LogP contribution in [0.1, 0.15) is 35.3 Å². The van der Waals surface area contributed by atoms with Gasteiger partial charge in [0.1, 0.15) is 0 Å². The van der Waals surface area contributed by atoms with Crippen molar-refractivity contribution in [3.63, 3.8) is 0 Å². The summed E-state index contributed by atoms with van der Waals surface area (Å²) in [4.78, 5) is 26.6. The van der Waals surface area contributed by atoms with Gasteiger partial charge in [0.25, 0.3) is 5.91 Å². The molecule has 0 aliphatic carbocycles. The van der Waals surface area contributed by atoms with Gasteiger partial charge in [-0.05, 0) is 37.5 Å². The van der Waals surface area contributed by atoms with Crippen LogP contribution in [0.4, 0.5) is 0 Å². The Morgan fingerprint density at radius 1 is 1.00 bits per heavy atom. The molecule has 2 aromatic carbocycles. The van der Waals surface area contributed by atoms with Gasteiger partial charge in [0.2, 0.25) is 0 Å². The standard InChI is InChI=1S/C22H25NO4/c1-16-13-23(14-17(2)27-16)21(24)15-26-22(25)20-11-7-6-10-19(20)12-18-8-4-3-5-9-18/h3-11,16-17H,12-15H2,1-2H3. The van der Waals surface area contributed by atoms with Gasteiger partial charge in [0.05, 0.1) is 17.8 Å². The zero-order valence-electron chi connectivity index (χ0n) is 15.8. The zero-order chi connectivity index (χ0) is 19.2. The van der Waals surface area contributed by atoms with E-state index in [1.165, 1.54) is 0 Å². The van der Waals surface area contributed by atoms with E-state index in [9.17, 15) is 9.59 Å². The third-order valence-corrected chi connectivity index (χ3v) is 4.57. The van der Waals surface area contributed by atoms with E-state index in [0.717, 1.165) is 11.1 Å². The van der Waals surface area contributed by atoms with Crippen molar-refractivity contribution in [3.05, 3.63) is 71.3 Å². The normalized spacial score (nSPS) is 19.6. The van der Waals surface area contributed by atoms with Gasteiger partial charge in [-0.1, -0.05) is 48.5 Å². The quantitative estimate of drug-likeness (QED) is 0.762. The van der Waals surface area contributed by atoms with Crippen LogP contribution in [0.25, 0.3) is 0 Å². The predicted octanol–water partition coefficient (Wildman–Crippen LogP) is 3.07. The maximum atomic E-state index is 12.6. The Labute approximate surface area is 159 Å². The summed E-state index contributed by atoms with van der Waals surface area (Å²) in [5.74, 6) is -0.657. The predicted molar refractivity (Wildman–Crippen MR) is 103 cm³/mol. The van der Waals surface area contributed by atoms with Crippen LogP contribution in [0.15, 0.2) is 54.6 Å². The number of carbonyl (C=O) groups is 2. The summed E-state index contributed by atoms with van der Waals surface area (Å²) < 4.78 is 11.0. The fourth-order valence-electron chi connectivity index (χ4n) is 3.37. The van der Waals surface area contributed by atoms with Gasteiger partial charge in [-0.25, -0.2) is 4.79 Å². The molecule has 27 heavy (non-hydrogen) atoms. The molecule has 1 saturated heterocycles. The highest BCUT2D eigenvalue weighted by Crippen LogP contribution is 2.16. The third kappa shape index (κ3) is 5.17. The van der Waals surface area contributed by atoms with Crippen LogP contribution in [-0.4, -0.2) is 48.7 Å². The van der Waals surface area contributed by atoms with Gasteiger partial charge in [0.15, 0.2) is 6.61 Å². The Morgan fingerprint density at radius 3 is 2.33 bits per heavy atom. The van der Waals surface area contributed by atoms with Crippen LogP contribution in [-0.2, 0) is 20.7 Å². The molecule has 5 heteroatoms. The van der Waals surface area contributed by atoms with E-state index >= 15 is 0 Å². The van der Waals surface area contributed by atoms with Gasteiger partial charge < -0.3 is 14.4 Å². The number of rotatable bonds is 5. The first-order chi connectivity index (χ1) is 13.0. The summed E-state index contributed by atoms with van der Waals surface area (Å²) in [6, 6.07) is 17.3. The van der Waals surface area contributed by atoms with Crippen molar-refractivity contribution in [1.29, 1.82) is 0 Å². The number of ether oxygens (including phenoxy) is 2. The minimum Gasteiger partial charge on any atom is -0.452 e. The molecule has 0 saturated carbocycles. The number of hydrogen-bond donors (Lipinski definition) is 0. The Hall–Kier alpha value is -2.66. The highest BCUT2D eigenvalue weighted by atomic mass is 16.5. The Bertz CT molecular complexity index is 780. The first kappa shape index (κ1) is 19.1. The fraction of sp³-hybridized carbons (Fsp3) is 0.364. The Balaban J connectivity index is 1.62. The number of amides is 1. The first-order valence-electron chi connectivity index (χ1n) is 9.25. The second-order valence-corrected chi connectivity index (χ2v) is 6.95. The van der Waals surface area contributed by atoms with Crippen molar-refractivity contribution in [2.75, 3.05) is 19.7 Å². The lowest BCUT2D eigenvalue weighted by Crippen LogP contribution is -2.49. The molecule has 0 bridgehead atoms. The molecule has 3 rings (SSSR count). The summed E-state index contributed by atoms with van der Waals surface area (Å²) in [6.45, 7) is 4.65. The number of benzene rings is 2. The lowest BCUT2D eigenvalue weighted by molar-refractivity contribution is -0.146. The molecular weight excluding hydrogens is 342 g/mol. The van der Waals surface area contributed by atoms with Gasteiger partial charge in [-0.3, -0.25) is 4.79 Å². The van der Waals surface area contributed by atoms with Crippen LogP contribution < -0.4 is 0 Å². The van der Waals surface area contributed by atoms with E-state index in [1.807, 2.05) is 56.3 Å². The second-order valence-electron chi connectivity index (χ2n) is 6.95. The molecule has 2 atom stereocenters. The Kier molecular flexibility index (Phi) is 6.24. The lowest BCUT2D eigenvalue weighted by atomic mass is 10.00. The van der Waals surface area contributed by atoms with Crippen LogP contribution in [0, 0.1) is 0 Å². The number of morpholine rings is 1.